The van der Waals surface area contributed by atoms with Gasteiger partial charge < -0.3 is 68.1 Å². The Morgan fingerprint density at radius 2 is 1.68 bits per heavy atom. The zero-order valence-electron chi connectivity index (χ0n) is 43.6. The first kappa shape index (κ1) is 62.1. The van der Waals surface area contributed by atoms with Crippen LogP contribution in [0.25, 0.3) is 0 Å². The minimum atomic E-state index is -2.40. The van der Waals surface area contributed by atoms with Crippen LogP contribution in [0.15, 0.2) is 22.3 Å². The van der Waals surface area contributed by atoms with Crippen molar-refractivity contribution in [2.75, 3.05) is 51.6 Å². The van der Waals surface area contributed by atoms with Crippen LogP contribution in [0.1, 0.15) is 99.3 Å². The first-order valence-electron chi connectivity index (χ1n) is 25.5. The maximum absolute atomic E-state index is 15.0. The lowest BCUT2D eigenvalue weighted by atomic mass is 9.94. The lowest BCUT2D eigenvalue weighted by Gasteiger charge is -2.34. The minimum Gasteiger partial charge on any atom is -0.394 e. The SMILES string of the molecule is C=C(C)N/C1=C(\SC2CCN(C(=O)CCN3C(=O)CC(C)C3=O)CC2)NC(=O)[C@H]([C@@H](C)[C@@H](O)CO)NC[C@@H]2C[C@@H](O)CN2C(=O)[C@H](CCC(N)=O)NC(=O)[C@@H](NC(=O)CNC(=O)[C@@H](NC(=O)CC)[C@@H](C)CC)CS1=O. The largest absolute Gasteiger partial charge is 0.394 e. The van der Waals surface area contributed by atoms with Gasteiger partial charge in [-0.15, -0.1) is 11.8 Å². The highest BCUT2D eigenvalue weighted by molar-refractivity contribution is 8.04. The van der Waals surface area contributed by atoms with Gasteiger partial charge in [0.1, 0.15) is 28.2 Å². The number of nitrogens with zero attached hydrogens (tertiary/aromatic N) is 3. The predicted octanol–water partition coefficient (Wildman–Crippen LogP) is -3.17. The van der Waals surface area contributed by atoms with Gasteiger partial charge in [-0.1, -0.05) is 47.6 Å². The molecule has 4 rings (SSSR count). The van der Waals surface area contributed by atoms with E-state index in [1.165, 1.54) is 18.7 Å². The van der Waals surface area contributed by atoms with Crippen LogP contribution in [0, 0.1) is 17.8 Å². The summed E-state index contributed by atoms with van der Waals surface area (Å²) in [6, 6.07) is -6.39. The number of hydrogen-bond acceptors (Lipinski definition) is 17. The maximum atomic E-state index is 15.0. The van der Waals surface area contributed by atoms with E-state index in [0.717, 1.165) is 16.7 Å². The number of allylic oxidation sites excluding steroid dienone is 1. The summed E-state index contributed by atoms with van der Waals surface area (Å²) in [6.07, 6.45) is -1.94. The van der Waals surface area contributed by atoms with E-state index < -0.39 is 132 Å². The Bertz CT molecular complexity index is 2210. The highest BCUT2D eigenvalue weighted by Crippen LogP contribution is 2.32. The van der Waals surface area contributed by atoms with Gasteiger partial charge in [-0.3, -0.25) is 57.1 Å². The van der Waals surface area contributed by atoms with Crippen LogP contribution in [0.5, 0.6) is 0 Å². The van der Waals surface area contributed by atoms with Crippen molar-refractivity contribution >= 4 is 81.6 Å². The number of aliphatic hydroxyl groups excluding tert-OH is 3. The summed E-state index contributed by atoms with van der Waals surface area (Å²) in [5, 5.41) is 50.4. The van der Waals surface area contributed by atoms with Gasteiger partial charge in [-0.05, 0) is 38.5 Å². The number of nitrogens with one attached hydrogen (secondary N) is 7. The first-order chi connectivity index (χ1) is 35.4. The number of rotatable bonds is 21. The summed E-state index contributed by atoms with van der Waals surface area (Å²) in [7, 11) is -2.40. The third kappa shape index (κ3) is 17.8. The zero-order valence-corrected chi connectivity index (χ0v) is 45.3. The second kappa shape index (κ2) is 29.1. The van der Waals surface area contributed by atoms with E-state index in [1.54, 1.807) is 25.7 Å². The molecule has 0 aromatic rings. The highest BCUT2D eigenvalue weighted by Gasteiger charge is 2.42. The number of nitrogens with two attached hydrogens (primary N) is 1. The van der Waals surface area contributed by atoms with E-state index in [9.17, 15) is 63.3 Å². The number of primary amides is 1. The van der Waals surface area contributed by atoms with Crippen molar-refractivity contribution < 1.29 is 67.5 Å². The van der Waals surface area contributed by atoms with E-state index in [4.69, 9.17) is 5.73 Å². The van der Waals surface area contributed by atoms with E-state index in [1.807, 2.05) is 6.92 Å². The number of amides is 10. The molecule has 3 saturated heterocycles. The molecule has 0 aromatic carbocycles. The molecule has 12 N–H and O–H groups in total. The molecule has 2 unspecified atom stereocenters. The van der Waals surface area contributed by atoms with Crippen molar-refractivity contribution in [2.45, 2.75) is 147 Å². The van der Waals surface area contributed by atoms with Gasteiger partial charge in [0.2, 0.25) is 59.1 Å². The van der Waals surface area contributed by atoms with E-state index in [2.05, 4.69) is 43.8 Å². The Hall–Kier alpha value is -5.48. The van der Waals surface area contributed by atoms with Crippen LogP contribution in [-0.4, -0.2) is 193 Å². The van der Waals surface area contributed by atoms with Crippen LogP contribution in [-0.2, 0) is 58.7 Å². The Kier molecular flexibility index (Phi) is 24.1. The summed E-state index contributed by atoms with van der Waals surface area (Å²) in [5.74, 6) is -8.89. The Balaban J connectivity index is 1.77. The van der Waals surface area contributed by atoms with Gasteiger partial charge in [-0.25, -0.2) is 0 Å². The van der Waals surface area contributed by atoms with Crippen molar-refractivity contribution in [2.24, 2.45) is 23.5 Å². The number of likely N-dealkylation sites (tertiary alicyclic amines) is 2. The van der Waals surface area contributed by atoms with E-state index >= 15 is 4.21 Å². The second-order valence-electron chi connectivity index (χ2n) is 19.7. The van der Waals surface area contributed by atoms with E-state index in [-0.39, 0.29) is 109 Å². The fraction of sp³-hybridized carbons (Fsp3) is 0.708. The Labute approximate surface area is 443 Å². The normalized spacial score (nSPS) is 27.1. The number of fused-ring (bicyclic) bond motifs is 1. The molecule has 4 aliphatic heterocycles. The number of piperidine rings is 1. The number of imide groups is 1. The molecule has 0 radical (unpaired) electrons. The molecule has 420 valence electrons. The van der Waals surface area contributed by atoms with Gasteiger partial charge in [0.05, 0.1) is 48.0 Å². The van der Waals surface area contributed by atoms with Gasteiger partial charge in [-0.2, -0.15) is 0 Å². The van der Waals surface area contributed by atoms with Crippen molar-refractivity contribution in [3.8, 4) is 0 Å². The number of hydrogen-bond donors (Lipinski definition) is 11. The Morgan fingerprint density at radius 3 is 2.27 bits per heavy atom. The molecule has 3 fully saturated rings. The molecule has 27 heteroatoms. The summed E-state index contributed by atoms with van der Waals surface area (Å²) in [5.41, 5.74) is 5.71. The Morgan fingerprint density at radius 1 is 1.00 bits per heavy atom. The van der Waals surface area contributed by atoms with Crippen molar-refractivity contribution in [1.82, 2.24) is 51.9 Å². The summed E-state index contributed by atoms with van der Waals surface area (Å²) in [4.78, 5) is 137. The predicted molar refractivity (Wildman–Crippen MR) is 276 cm³/mol. The van der Waals surface area contributed by atoms with Crippen molar-refractivity contribution in [3.05, 3.63) is 22.3 Å². The van der Waals surface area contributed by atoms with Gasteiger partial charge in [0, 0.05) is 87.2 Å². The highest BCUT2D eigenvalue weighted by atomic mass is 32.2. The standard InChI is InChI=1S/C48H77N11O14S2/c1-8-26(5)40(55-36(64)9-2)43(69)51-21-37(65)53-33-24-75(73)46(52-25(3)4)45(74-31-12-15-57(16-13-31)38(66)14-17-58-39(67)18-27(6)47(58)71)56-44(70)41(28(7)34(62)23-60)50-20-29-19-30(61)22-59(29)48(72)32(54-42(33)68)10-11-35(49)63/h26-34,40-41,50,52,60-62H,3,8-24H2,1-2,4-7H3,(H2,49,63)(H,51,69)(H,53,65)(H,54,68)(H,55,64)(H,56,70)/b46-45+/t26-,27?,28-,29-,30+,32-,33-,34-,40-,41-,75?/m0/s1. The molecule has 75 heavy (non-hydrogen) atoms. The monoisotopic (exact) mass is 1100 g/mol. The van der Waals surface area contributed by atoms with Crippen molar-refractivity contribution in [1.29, 1.82) is 0 Å². The topological polar surface area (TPSA) is 368 Å². The van der Waals surface area contributed by atoms with Crippen LogP contribution in [0.3, 0.4) is 0 Å². The second-order valence-corrected chi connectivity index (χ2v) is 22.5. The molecule has 4 heterocycles. The molecule has 25 nitrogen and oxygen atoms in total. The van der Waals surface area contributed by atoms with Crippen molar-refractivity contribution in [3.63, 3.8) is 0 Å². The minimum absolute atomic E-state index is 0.00644. The zero-order chi connectivity index (χ0) is 55.8. The molecule has 0 saturated carbocycles. The van der Waals surface area contributed by atoms with Crippen LogP contribution in [0.2, 0.25) is 0 Å². The number of thioether (sulfide) groups is 1. The molecule has 11 atom stereocenters. The molecule has 10 amide bonds. The molecule has 4 aliphatic rings. The smallest absolute Gasteiger partial charge is 0.245 e. The first-order valence-corrected chi connectivity index (χ1v) is 27.7. The fourth-order valence-electron chi connectivity index (χ4n) is 9.04. The molecular weight excluding hydrogens is 1020 g/mol. The summed E-state index contributed by atoms with van der Waals surface area (Å²) < 4.78 is 15.0. The molecule has 0 bridgehead atoms. The van der Waals surface area contributed by atoms with Crippen LogP contribution < -0.4 is 43.0 Å². The average molecular weight is 1100 g/mol. The summed E-state index contributed by atoms with van der Waals surface area (Å²) >= 11 is 1.09. The molecule has 0 aromatic heterocycles. The lowest BCUT2D eigenvalue weighted by molar-refractivity contribution is -0.141. The fourth-order valence-corrected chi connectivity index (χ4v) is 11.8. The number of carbonyl (C=O) groups excluding carboxylic acids is 10. The van der Waals surface area contributed by atoms with Gasteiger partial charge in [0.15, 0.2) is 0 Å². The molecule has 0 spiro atoms. The quantitative estimate of drug-likeness (QED) is 0.0505. The number of aliphatic hydroxyl groups is 3. The number of carbonyl (C=O) groups is 10. The van der Waals surface area contributed by atoms with Crippen LogP contribution >= 0.6 is 11.8 Å². The van der Waals surface area contributed by atoms with Gasteiger partial charge in [0.25, 0.3) is 0 Å². The maximum Gasteiger partial charge on any atom is 0.245 e. The van der Waals surface area contributed by atoms with E-state index in [0.29, 0.717) is 19.3 Å². The molecule has 0 aliphatic carbocycles. The van der Waals surface area contributed by atoms with Gasteiger partial charge >= 0.3 is 0 Å². The third-order valence-electron chi connectivity index (χ3n) is 13.8. The molecular formula is C48H77N11O14S2. The lowest BCUT2D eigenvalue weighted by Crippen LogP contribution is -2.59. The van der Waals surface area contributed by atoms with Crippen LogP contribution in [0.4, 0.5) is 0 Å². The summed E-state index contributed by atoms with van der Waals surface area (Å²) in [6.45, 7) is 12.4. The average Bonchev–Trinajstić information content (AvgIpc) is 3.86. The third-order valence-corrected chi connectivity index (χ3v) is 16.6.